The summed E-state index contributed by atoms with van der Waals surface area (Å²) in [6.45, 7) is 2.67. The normalized spacial score (nSPS) is 15.2. The lowest BCUT2D eigenvalue weighted by Crippen LogP contribution is -2.48. The van der Waals surface area contributed by atoms with Gasteiger partial charge in [-0.25, -0.2) is 8.42 Å². The van der Waals surface area contributed by atoms with Gasteiger partial charge in [-0.2, -0.15) is 0 Å². The predicted octanol–water partition coefficient (Wildman–Crippen LogP) is 3.13. The number of carbonyl (C=O) groups is 1. The standard InChI is InChI=1S/C19H19ClF3N3O4S/c20-15-4-1-13(2-5-15)12-25-7-9-26(10-8-25)18(27)14-3-6-16(24-31(28)29)17(11-14)30-19(21,22)23/h1-6,11,31H,7-10,12H2,(H,24,28,29). The molecule has 12 heteroatoms. The summed E-state index contributed by atoms with van der Waals surface area (Å²) < 4.78 is 65.5. The summed E-state index contributed by atoms with van der Waals surface area (Å²) >= 11 is 5.88. The number of hydrogen-bond acceptors (Lipinski definition) is 5. The molecule has 0 aliphatic carbocycles. The van der Waals surface area contributed by atoms with Crippen LogP contribution in [0.4, 0.5) is 18.9 Å². The van der Waals surface area contributed by atoms with E-state index in [0.29, 0.717) is 37.7 Å². The highest BCUT2D eigenvalue weighted by molar-refractivity contribution is 7.73. The van der Waals surface area contributed by atoms with Crippen molar-refractivity contribution in [3.05, 3.63) is 58.6 Å². The summed E-state index contributed by atoms with van der Waals surface area (Å²) in [4.78, 5) is 16.5. The van der Waals surface area contributed by atoms with E-state index in [1.54, 1.807) is 12.1 Å². The van der Waals surface area contributed by atoms with Crippen molar-refractivity contribution < 1.29 is 31.1 Å². The molecule has 0 spiro atoms. The number of amides is 1. The smallest absolute Gasteiger partial charge is 0.404 e. The highest BCUT2D eigenvalue weighted by atomic mass is 35.5. The lowest BCUT2D eigenvalue weighted by atomic mass is 10.1. The molecule has 1 N–H and O–H groups in total. The van der Waals surface area contributed by atoms with Crippen LogP contribution in [0.5, 0.6) is 5.75 Å². The van der Waals surface area contributed by atoms with E-state index in [4.69, 9.17) is 11.6 Å². The number of ether oxygens (including phenoxy) is 1. The molecular formula is C19H19ClF3N3O4S. The monoisotopic (exact) mass is 477 g/mol. The van der Waals surface area contributed by atoms with E-state index in [2.05, 4.69) is 9.64 Å². The SMILES string of the molecule is O=C(c1ccc(N[SH](=O)=O)c(OC(F)(F)F)c1)N1CCN(Cc2ccc(Cl)cc2)CC1. The first kappa shape index (κ1) is 23.2. The first-order valence-electron chi connectivity index (χ1n) is 9.17. The zero-order chi connectivity index (χ0) is 22.6. The van der Waals surface area contributed by atoms with E-state index < -0.39 is 34.6 Å². The molecule has 1 amide bonds. The van der Waals surface area contributed by atoms with Crippen LogP contribution in [-0.4, -0.2) is 56.7 Å². The molecule has 0 aromatic heterocycles. The molecule has 1 fully saturated rings. The van der Waals surface area contributed by atoms with Crippen LogP contribution in [0.2, 0.25) is 5.02 Å². The number of halogens is 4. The van der Waals surface area contributed by atoms with Crippen LogP contribution in [0.15, 0.2) is 42.5 Å². The minimum atomic E-state index is -5.04. The number of anilines is 1. The molecular weight excluding hydrogens is 459 g/mol. The molecule has 1 aliphatic rings. The number of hydrogen-bond donors (Lipinski definition) is 2. The zero-order valence-electron chi connectivity index (χ0n) is 16.1. The van der Waals surface area contributed by atoms with Crippen molar-refractivity contribution in [2.24, 2.45) is 0 Å². The van der Waals surface area contributed by atoms with Gasteiger partial charge in [0.25, 0.3) is 5.91 Å². The average molecular weight is 478 g/mol. The van der Waals surface area contributed by atoms with Crippen molar-refractivity contribution in [2.45, 2.75) is 12.9 Å². The summed E-state index contributed by atoms with van der Waals surface area (Å²) in [5.74, 6) is -1.25. The minimum Gasteiger partial charge on any atom is -0.404 e. The van der Waals surface area contributed by atoms with Gasteiger partial charge < -0.3 is 9.64 Å². The number of rotatable bonds is 6. The Hall–Kier alpha value is -2.50. The summed E-state index contributed by atoms with van der Waals surface area (Å²) in [5, 5.41) is 0.649. The van der Waals surface area contributed by atoms with Gasteiger partial charge in [0.2, 0.25) is 10.9 Å². The molecule has 0 saturated carbocycles. The highest BCUT2D eigenvalue weighted by Gasteiger charge is 2.33. The Morgan fingerprint density at radius 3 is 2.29 bits per heavy atom. The van der Waals surface area contributed by atoms with E-state index >= 15 is 0 Å². The molecule has 3 rings (SSSR count). The highest BCUT2D eigenvalue weighted by Crippen LogP contribution is 2.32. The van der Waals surface area contributed by atoms with Crippen LogP contribution in [0.3, 0.4) is 0 Å². The first-order chi connectivity index (χ1) is 14.6. The molecule has 0 radical (unpaired) electrons. The molecule has 7 nitrogen and oxygen atoms in total. The molecule has 1 heterocycles. The van der Waals surface area contributed by atoms with Crippen LogP contribution in [-0.2, 0) is 17.4 Å². The summed E-state index contributed by atoms with van der Waals surface area (Å²) in [6.07, 6.45) is -5.04. The molecule has 0 atom stereocenters. The maximum atomic E-state index is 12.8. The summed E-state index contributed by atoms with van der Waals surface area (Å²) in [6, 6.07) is 10.7. The van der Waals surface area contributed by atoms with Gasteiger partial charge in [-0.3, -0.25) is 14.4 Å². The van der Waals surface area contributed by atoms with Crippen LogP contribution >= 0.6 is 11.6 Å². The Morgan fingerprint density at radius 2 is 1.71 bits per heavy atom. The van der Waals surface area contributed by atoms with Crippen molar-refractivity contribution in [1.29, 1.82) is 0 Å². The maximum Gasteiger partial charge on any atom is 0.573 e. The number of alkyl halides is 3. The molecule has 1 saturated heterocycles. The van der Waals surface area contributed by atoms with Crippen LogP contribution < -0.4 is 9.46 Å². The fourth-order valence-electron chi connectivity index (χ4n) is 3.19. The second kappa shape index (κ2) is 9.75. The second-order valence-electron chi connectivity index (χ2n) is 6.82. The lowest BCUT2D eigenvalue weighted by Gasteiger charge is -2.35. The van der Waals surface area contributed by atoms with Gasteiger partial charge in [0.1, 0.15) is 0 Å². The van der Waals surface area contributed by atoms with Gasteiger partial charge >= 0.3 is 6.36 Å². The van der Waals surface area contributed by atoms with Crippen molar-refractivity contribution >= 4 is 34.1 Å². The molecule has 31 heavy (non-hydrogen) atoms. The zero-order valence-corrected chi connectivity index (χ0v) is 17.7. The number of benzene rings is 2. The number of carbonyl (C=O) groups excluding carboxylic acids is 1. The fourth-order valence-corrected chi connectivity index (χ4v) is 3.70. The molecule has 168 valence electrons. The third-order valence-electron chi connectivity index (χ3n) is 4.64. The van der Waals surface area contributed by atoms with Gasteiger partial charge in [-0.1, -0.05) is 23.7 Å². The molecule has 2 aromatic carbocycles. The largest absolute Gasteiger partial charge is 0.573 e. The summed E-state index contributed by atoms with van der Waals surface area (Å²) in [7, 11) is -3.21. The van der Waals surface area contributed by atoms with Crippen LogP contribution in [0, 0.1) is 0 Å². The van der Waals surface area contributed by atoms with Crippen molar-refractivity contribution in [3.63, 3.8) is 0 Å². The Balaban J connectivity index is 1.67. The van der Waals surface area contributed by atoms with Gasteiger partial charge in [-0.05, 0) is 35.9 Å². The first-order valence-corrected chi connectivity index (χ1v) is 10.7. The fraction of sp³-hybridized carbons (Fsp3) is 0.316. The third kappa shape index (κ3) is 6.74. The van der Waals surface area contributed by atoms with E-state index in [0.717, 1.165) is 17.7 Å². The molecule has 0 unspecified atom stereocenters. The van der Waals surface area contributed by atoms with E-state index in [-0.39, 0.29) is 5.56 Å². The Bertz CT molecular complexity index is 999. The third-order valence-corrected chi connectivity index (χ3v) is 5.32. The van der Waals surface area contributed by atoms with Crippen LogP contribution in [0.1, 0.15) is 15.9 Å². The van der Waals surface area contributed by atoms with Gasteiger partial charge in [0.15, 0.2) is 5.75 Å². The van der Waals surface area contributed by atoms with E-state index in [1.165, 1.54) is 11.0 Å². The number of nitrogens with one attached hydrogen (secondary N) is 1. The van der Waals surface area contributed by atoms with E-state index in [9.17, 15) is 26.4 Å². The Labute approximate surface area is 183 Å². The molecule has 2 aromatic rings. The topological polar surface area (TPSA) is 78.9 Å². The van der Waals surface area contributed by atoms with Crippen molar-refractivity contribution in [3.8, 4) is 5.75 Å². The number of nitrogens with zero attached hydrogens (tertiary/aromatic N) is 2. The molecule has 1 aliphatic heterocycles. The van der Waals surface area contributed by atoms with E-state index in [1.807, 2.05) is 16.9 Å². The predicted molar refractivity (Wildman–Crippen MR) is 110 cm³/mol. The molecule has 0 bridgehead atoms. The Kier molecular flexibility index (Phi) is 7.29. The van der Waals surface area contributed by atoms with Gasteiger partial charge in [0, 0.05) is 43.3 Å². The van der Waals surface area contributed by atoms with Crippen molar-refractivity contribution in [1.82, 2.24) is 9.80 Å². The summed E-state index contributed by atoms with van der Waals surface area (Å²) in [5.41, 5.74) is 0.646. The van der Waals surface area contributed by atoms with Crippen LogP contribution in [0.25, 0.3) is 0 Å². The lowest BCUT2D eigenvalue weighted by molar-refractivity contribution is -0.274. The average Bonchev–Trinajstić information content (AvgIpc) is 2.70. The second-order valence-corrected chi connectivity index (χ2v) is 8.00. The number of piperazine rings is 1. The van der Waals surface area contributed by atoms with Gasteiger partial charge in [-0.15, -0.1) is 13.2 Å². The maximum absolute atomic E-state index is 12.8. The Morgan fingerprint density at radius 1 is 1.06 bits per heavy atom. The van der Waals surface area contributed by atoms with Crippen molar-refractivity contribution in [2.75, 3.05) is 30.9 Å². The number of thiol groups is 1. The quantitative estimate of drug-likeness (QED) is 0.625. The minimum absolute atomic E-state index is 0.0305. The van der Waals surface area contributed by atoms with Gasteiger partial charge in [0.05, 0.1) is 5.69 Å².